The monoisotopic (exact) mass is 472 g/mol. The number of aryl methyl sites for hydroxylation is 1. The maximum Gasteiger partial charge on any atom is 0.273 e. The number of aromatic nitrogens is 2. The fraction of sp³-hybridized carbons (Fsp3) is 0.222. The van der Waals surface area contributed by atoms with Crippen molar-refractivity contribution in [1.29, 1.82) is 0 Å². The molecule has 1 atom stereocenters. The van der Waals surface area contributed by atoms with Crippen LogP contribution in [0.1, 0.15) is 34.1 Å². The molecule has 2 aromatic carbocycles. The molecule has 1 aliphatic rings. The lowest BCUT2D eigenvalue weighted by Gasteiger charge is -2.43. The summed E-state index contributed by atoms with van der Waals surface area (Å²) in [7, 11) is 0. The summed E-state index contributed by atoms with van der Waals surface area (Å²) in [5.41, 5.74) is 2.47. The number of fused-ring (bicyclic) bond motifs is 1. The van der Waals surface area contributed by atoms with Crippen LogP contribution in [-0.2, 0) is 24.4 Å². The van der Waals surface area contributed by atoms with Gasteiger partial charge in [-0.05, 0) is 54.8 Å². The molecule has 1 aliphatic heterocycles. The second-order valence-electron chi connectivity index (χ2n) is 8.95. The van der Waals surface area contributed by atoms with E-state index in [0.29, 0.717) is 17.1 Å². The Bertz CT molecular complexity index is 1380. The van der Waals surface area contributed by atoms with E-state index < -0.39 is 5.54 Å². The normalized spacial score (nSPS) is 17.3. The molecule has 178 valence electrons. The van der Waals surface area contributed by atoms with Gasteiger partial charge in [0.2, 0.25) is 5.91 Å². The Hall–Kier alpha value is -4.20. The van der Waals surface area contributed by atoms with Crippen LogP contribution in [0.5, 0.6) is 0 Å². The van der Waals surface area contributed by atoms with Crippen molar-refractivity contribution in [3.63, 3.8) is 0 Å². The number of nitrogens with one attached hydrogen (secondary N) is 1. The van der Waals surface area contributed by atoms with Gasteiger partial charge in [0.05, 0.1) is 12.8 Å². The lowest BCUT2D eigenvalue weighted by Crippen LogP contribution is -2.63. The number of amides is 2. The minimum Gasteiger partial charge on any atom is -0.463 e. The summed E-state index contributed by atoms with van der Waals surface area (Å²) in [5, 5.41) is 7.49. The second-order valence-corrected chi connectivity index (χ2v) is 8.95. The van der Waals surface area contributed by atoms with Crippen LogP contribution in [0.25, 0.3) is 11.5 Å². The Morgan fingerprint density at radius 1 is 1.14 bits per heavy atom. The molecule has 5 rings (SSSR count). The third-order valence-corrected chi connectivity index (χ3v) is 6.52. The molecule has 1 unspecified atom stereocenters. The number of hydrogen-bond donors (Lipinski definition) is 1. The summed E-state index contributed by atoms with van der Waals surface area (Å²) in [6.45, 7) is 4.39. The summed E-state index contributed by atoms with van der Waals surface area (Å²) < 4.78 is 20.3. The van der Waals surface area contributed by atoms with E-state index in [-0.39, 0.29) is 37.3 Å². The van der Waals surface area contributed by atoms with Crippen molar-refractivity contribution in [1.82, 2.24) is 20.0 Å². The zero-order valence-corrected chi connectivity index (χ0v) is 19.5. The zero-order chi connectivity index (χ0) is 24.6. The number of hydrogen-bond acceptors (Lipinski definition) is 4. The molecule has 2 amide bonds. The van der Waals surface area contributed by atoms with Crippen molar-refractivity contribution in [2.75, 3.05) is 0 Å². The van der Waals surface area contributed by atoms with E-state index >= 15 is 0 Å². The molecule has 0 spiro atoms. The smallest absolute Gasteiger partial charge is 0.273 e. The van der Waals surface area contributed by atoms with Crippen LogP contribution in [0.4, 0.5) is 4.39 Å². The topological polar surface area (TPSA) is 80.4 Å². The Labute approximate surface area is 202 Å². The van der Waals surface area contributed by atoms with E-state index in [9.17, 15) is 14.0 Å². The van der Waals surface area contributed by atoms with Crippen LogP contribution in [0.2, 0.25) is 0 Å². The summed E-state index contributed by atoms with van der Waals surface area (Å²) >= 11 is 0. The fourth-order valence-corrected chi connectivity index (χ4v) is 4.37. The van der Waals surface area contributed by atoms with Crippen molar-refractivity contribution in [3.05, 3.63) is 101 Å². The highest BCUT2D eigenvalue weighted by Crippen LogP contribution is 2.32. The Morgan fingerprint density at radius 3 is 2.63 bits per heavy atom. The molecule has 0 bridgehead atoms. The highest BCUT2D eigenvalue weighted by molar-refractivity contribution is 6.00. The van der Waals surface area contributed by atoms with Gasteiger partial charge in [-0.25, -0.2) is 4.39 Å². The van der Waals surface area contributed by atoms with Gasteiger partial charge < -0.3 is 14.6 Å². The predicted molar refractivity (Wildman–Crippen MR) is 128 cm³/mol. The average molecular weight is 473 g/mol. The van der Waals surface area contributed by atoms with Gasteiger partial charge in [-0.1, -0.05) is 36.4 Å². The van der Waals surface area contributed by atoms with Gasteiger partial charge >= 0.3 is 0 Å². The number of nitrogens with zero attached hydrogens (tertiary/aromatic N) is 3. The largest absolute Gasteiger partial charge is 0.463 e. The molecule has 0 saturated heterocycles. The number of benzene rings is 2. The number of carbonyl (C=O) groups is 2. The molecule has 8 heteroatoms. The molecule has 0 radical (unpaired) electrons. The molecule has 0 saturated carbocycles. The Balaban J connectivity index is 1.49. The molecular formula is C27H25FN4O3. The fourth-order valence-electron chi connectivity index (χ4n) is 4.37. The second kappa shape index (κ2) is 8.87. The zero-order valence-electron chi connectivity index (χ0n) is 19.5. The molecule has 4 aromatic rings. The first kappa shape index (κ1) is 22.6. The van der Waals surface area contributed by atoms with Crippen molar-refractivity contribution in [3.8, 4) is 11.5 Å². The van der Waals surface area contributed by atoms with Crippen molar-refractivity contribution < 1.29 is 18.4 Å². The SMILES string of the molecule is Cc1ccccc1CN1C(=O)c2cc(-c3ccco3)nn2CC1(C)C(=O)NCc1ccc(F)cc1. The minimum atomic E-state index is -1.21. The minimum absolute atomic E-state index is 0.177. The Kier molecular flexibility index (Phi) is 5.72. The molecule has 35 heavy (non-hydrogen) atoms. The molecule has 0 aliphatic carbocycles. The van der Waals surface area contributed by atoms with E-state index in [4.69, 9.17) is 4.42 Å². The van der Waals surface area contributed by atoms with Crippen LogP contribution < -0.4 is 5.32 Å². The summed E-state index contributed by atoms with van der Waals surface area (Å²) in [5.74, 6) is -0.394. The maximum atomic E-state index is 13.8. The third kappa shape index (κ3) is 4.23. The van der Waals surface area contributed by atoms with Gasteiger partial charge in [-0.3, -0.25) is 14.3 Å². The molecular weight excluding hydrogens is 447 g/mol. The first-order valence-electron chi connectivity index (χ1n) is 11.4. The van der Waals surface area contributed by atoms with E-state index in [0.717, 1.165) is 16.7 Å². The highest BCUT2D eigenvalue weighted by Gasteiger charge is 2.48. The van der Waals surface area contributed by atoms with Gasteiger partial charge in [0.15, 0.2) is 5.76 Å². The van der Waals surface area contributed by atoms with Crippen LogP contribution >= 0.6 is 0 Å². The molecule has 2 aromatic heterocycles. The first-order chi connectivity index (χ1) is 16.8. The van der Waals surface area contributed by atoms with Crippen LogP contribution in [0.3, 0.4) is 0 Å². The lowest BCUT2D eigenvalue weighted by atomic mass is 9.93. The van der Waals surface area contributed by atoms with Gasteiger partial charge in [-0.2, -0.15) is 5.10 Å². The number of carbonyl (C=O) groups excluding carboxylic acids is 2. The van der Waals surface area contributed by atoms with Gasteiger partial charge in [-0.15, -0.1) is 0 Å². The van der Waals surface area contributed by atoms with Crippen molar-refractivity contribution in [2.45, 2.75) is 39.0 Å². The van der Waals surface area contributed by atoms with Crippen LogP contribution in [0.15, 0.2) is 77.4 Å². The van der Waals surface area contributed by atoms with E-state index in [2.05, 4.69) is 10.4 Å². The van der Waals surface area contributed by atoms with Gasteiger partial charge in [0.1, 0.15) is 22.7 Å². The number of halogens is 1. The van der Waals surface area contributed by atoms with E-state index in [1.165, 1.54) is 12.1 Å². The standard InChI is InChI=1S/C27H25FN4O3/c1-18-6-3-4-7-20(18)16-31-25(33)23-14-22(24-8-5-13-35-24)30-32(23)17-27(31,2)26(34)29-15-19-9-11-21(28)12-10-19/h3-14H,15-17H2,1-2H3,(H,29,34). The van der Waals surface area contributed by atoms with E-state index in [1.807, 2.05) is 31.2 Å². The summed E-state index contributed by atoms with van der Waals surface area (Å²) in [6, 6.07) is 19.0. The Morgan fingerprint density at radius 2 is 1.91 bits per heavy atom. The maximum absolute atomic E-state index is 13.8. The molecule has 3 heterocycles. The highest BCUT2D eigenvalue weighted by atomic mass is 19.1. The lowest BCUT2D eigenvalue weighted by molar-refractivity contribution is -0.133. The first-order valence-corrected chi connectivity index (χ1v) is 11.4. The molecule has 7 nitrogen and oxygen atoms in total. The summed E-state index contributed by atoms with van der Waals surface area (Å²) in [4.78, 5) is 29.0. The van der Waals surface area contributed by atoms with E-state index in [1.54, 1.807) is 53.1 Å². The quantitative estimate of drug-likeness (QED) is 0.453. The molecule has 1 N–H and O–H groups in total. The van der Waals surface area contributed by atoms with Gasteiger partial charge in [0.25, 0.3) is 5.91 Å². The molecule has 0 fully saturated rings. The summed E-state index contributed by atoms with van der Waals surface area (Å²) in [6.07, 6.45) is 1.55. The van der Waals surface area contributed by atoms with Crippen LogP contribution in [-0.4, -0.2) is 32.0 Å². The third-order valence-electron chi connectivity index (χ3n) is 6.52. The van der Waals surface area contributed by atoms with Gasteiger partial charge in [0, 0.05) is 19.2 Å². The number of rotatable bonds is 6. The average Bonchev–Trinajstić information content (AvgIpc) is 3.52. The number of furan rings is 1. The van der Waals surface area contributed by atoms with Crippen LogP contribution in [0, 0.1) is 12.7 Å². The van der Waals surface area contributed by atoms with Crippen molar-refractivity contribution >= 4 is 11.8 Å². The predicted octanol–water partition coefficient (Wildman–Crippen LogP) is 4.32. The van der Waals surface area contributed by atoms with Crippen molar-refractivity contribution in [2.24, 2.45) is 0 Å².